The maximum Gasteiger partial charge on any atom is 0.00385 e. The van der Waals surface area contributed by atoms with E-state index < -0.39 is 0 Å². The fourth-order valence-electron chi connectivity index (χ4n) is 3.23. The van der Waals surface area contributed by atoms with Crippen LogP contribution in [0, 0.1) is 0 Å². The van der Waals surface area contributed by atoms with Crippen LogP contribution in [0.15, 0.2) is 0 Å². The zero-order valence-electron chi connectivity index (χ0n) is 17.3. The molecule has 0 radical (unpaired) electrons. The molecule has 3 nitrogen and oxygen atoms in total. The van der Waals surface area contributed by atoms with E-state index in [1.165, 1.54) is 71.5 Å². The molecule has 0 aromatic heterocycles. The lowest BCUT2D eigenvalue weighted by Gasteiger charge is -2.28. The van der Waals surface area contributed by atoms with Crippen LogP contribution in [0.4, 0.5) is 0 Å². The van der Waals surface area contributed by atoms with E-state index >= 15 is 0 Å². The van der Waals surface area contributed by atoms with Gasteiger partial charge in [-0.3, -0.25) is 0 Å². The van der Waals surface area contributed by atoms with Gasteiger partial charge in [0.25, 0.3) is 0 Å². The van der Waals surface area contributed by atoms with Crippen molar-refractivity contribution in [3.63, 3.8) is 0 Å². The molecule has 0 amide bonds. The molecule has 0 aliphatic rings. The van der Waals surface area contributed by atoms with Gasteiger partial charge in [0, 0.05) is 12.1 Å². The highest BCUT2D eigenvalue weighted by atomic mass is 15.2. The van der Waals surface area contributed by atoms with Crippen LogP contribution in [0.5, 0.6) is 0 Å². The summed E-state index contributed by atoms with van der Waals surface area (Å²) >= 11 is 0. The molecular formula is C20H45N3. The molecule has 0 bridgehead atoms. The monoisotopic (exact) mass is 327 g/mol. The molecule has 140 valence electrons. The maximum atomic E-state index is 2.67. The van der Waals surface area contributed by atoms with Crippen LogP contribution in [0.25, 0.3) is 0 Å². The van der Waals surface area contributed by atoms with E-state index in [-0.39, 0.29) is 0 Å². The number of hydrogen-bond donors (Lipinski definition) is 0. The quantitative estimate of drug-likeness (QED) is 0.415. The van der Waals surface area contributed by atoms with E-state index in [1.807, 2.05) is 0 Å². The van der Waals surface area contributed by atoms with Crippen LogP contribution in [0.2, 0.25) is 0 Å². The summed E-state index contributed by atoms with van der Waals surface area (Å²) < 4.78 is 0. The van der Waals surface area contributed by atoms with Crippen molar-refractivity contribution in [2.75, 3.05) is 45.8 Å². The molecule has 0 aliphatic heterocycles. The van der Waals surface area contributed by atoms with Crippen LogP contribution in [-0.2, 0) is 0 Å². The van der Waals surface area contributed by atoms with Gasteiger partial charge in [0.1, 0.15) is 0 Å². The van der Waals surface area contributed by atoms with Gasteiger partial charge in [0.2, 0.25) is 0 Å². The molecule has 0 fully saturated rings. The standard InChI is InChI=1S/C20H45N3/c1-8-21(9-2)15-11-12-17-23(20(6)7)18-14-13-16-22(10-3)19(4)5/h19-20H,8-18H2,1-7H3. The minimum Gasteiger partial charge on any atom is -0.304 e. The van der Waals surface area contributed by atoms with Gasteiger partial charge in [-0.25, -0.2) is 0 Å². The maximum absolute atomic E-state index is 2.67. The Morgan fingerprint density at radius 3 is 1.26 bits per heavy atom. The minimum atomic E-state index is 0.677. The second-order valence-electron chi connectivity index (χ2n) is 7.29. The Labute approximate surface area is 147 Å². The SMILES string of the molecule is CCN(CC)CCCCN(CCCCN(CC)C(C)C)C(C)C. The van der Waals surface area contributed by atoms with Gasteiger partial charge in [0.15, 0.2) is 0 Å². The van der Waals surface area contributed by atoms with Gasteiger partial charge in [-0.15, -0.1) is 0 Å². The summed E-state index contributed by atoms with van der Waals surface area (Å²) in [5.74, 6) is 0. The second kappa shape index (κ2) is 14.2. The van der Waals surface area contributed by atoms with Crippen LogP contribution < -0.4 is 0 Å². The average Bonchev–Trinajstić information content (AvgIpc) is 2.52. The van der Waals surface area contributed by atoms with E-state index in [2.05, 4.69) is 63.2 Å². The lowest BCUT2D eigenvalue weighted by molar-refractivity contribution is 0.192. The summed E-state index contributed by atoms with van der Waals surface area (Å²) in [6, 6.07) is 1.36. The number of nitrogens with zero attached hydrogens (tertiary/aromatic N) is 3. The molecule has 23 heavy (non-hydrogen) atoms. The van der Waals surface area contributed by atoms with Gasteiger partial charge in [-0.05, 0) is 99.2 Å². The van der Waals surface area contributed by atoms with Gasteiger partial charge in [0.05, 0.1) is 0 Å². The largest absolute Gasteiger partial charge is 0.304 e. The zero-order chi connectivity index (χ0) is 17.7. The van der Waals surface area contributed by atoms with Crippen molar-refractivity contribution >= 4 is 0 Å². The molecule has 0 aromatic rings. The van der Waals surface area contributed by atoms with E-state index in [1.54, 1.807) is 0 Å². The van der Waals surface area contributed by atoms with Gasteiger partial charge in [-0.2, -0.15) is 0 Å². The van der Waals surface area contributed by atoms with Crippen molar-refractivity contribution in [1.82, 2.24) is 14.7 Å². The first-order valence-electron chi connectivity index (χ1n) is 10.2. The molecule has 0 aliphatic carbocycles. The summed E-state index contributed by atoms with van der Waals surface area (Å²) in [7, 11) is 0. The van der Waals surface area contributed by atoms with E-state index in [0.717, 1.165) is 0 Å². The van der Waals surface area contributed by atoms with Crippen LogP contribution in [0.3, 0.4) is 0 Å². The molecular weight excluding hydrogens is 282 g/mol. The Bertz CT molecular complexity index is 249. The third-order valence-electron chi connectivity index (χ3n) is 5.07. The summed E-state index contributed by atoms with van der Waals surface area (Å²) in [6.45, 7) is 24.7. The Morgan fingerprint density at radius 1 is 0.522 bits per heavy atom. The summed E-state index contributed by atoms with van der Waals surface area (Å²) in [6.07, 6.45) is 5.33. The third kappa shape index (κ3) is 11.1. The fourth-order valence-corrected chi connectivity index (χ4v) is 3.23. The summed E-state index contributed by atoms with van der Waals surface area (Å²) in [5.41, 5.74) is 0. The predicted octanol–water partition coefficient (Wildman–Crippen LogP) is 4.33. The van der Waals surface area contributed by atoms with Crippen molar-refractivity contribution in [1.29, 1.82) is 0 Å². The molecule has 0 unspecified atom stereocenters. The highest BCUT2D eigenvalue weighted by Gasteiger charge is 2.10. The molecule has 0 rings (SSSR count). The summed E-state index contributed by atoms with van der Waals surface area (Å²) in [5, 5.41) is 0. The Kier molecular flexibility index (Phi) is 14.2. The van der Waals surface area contributed by atoms with E-state index in [0.29, 0.717) is 12.1 Å². The Morgan fingerprint density at radius 2 is 0.913 bits per heavy atom. The Balaban J connectivity index is 3.90. The van der Waals surface area contributed by atoms with E-state index in [9.17, 15) is 0 Å². The Hall–Kier alpha value is -0.120. The average molecular weight is 328 g/mol. The first kappa shape index (κ1) is 22.9. The molecule has 0 heterocycles. The van der Waals surface area contributed by atoms with Crippen molar-refractivity contribution in [2.24, 2.45) is 0 Å². The minimum absolute atomic E-state index is 0.677. The topological polar surface area (TPSA) is 9.72 Å². The highest BCUT2D eigenvalue weighted by Crippen LogP contribution is 2.07. The van der Waals surface area contributed by atoms with Crippen LogP contribution in [-0.4, -0.2) is 72.6 Å². The van der Waals surface area contributed by atoms with Crippen LogP contribution >= 0.6 is 0 Å². The fraction of sp³-hybridized carbons (Fsp3) is 1.00. The number of rotatable bonds is 15. The lowest BCUT2D eigenvalue weighted by Crippen LogP contribution is -2.35. The normalized spacial score (nSPS) is 12.5. The van der Waals surface area contributed by atoms with Gasteiger partial charge >= 0.3 is 0 Å². The molecule has 0 spiro atoms. The van der Waals surface area contributed by atoms with Gasteiger partial charge < -0.3 is 14.7 Å². The second-order valence-corrected chi connectivity index (χ2v) is 7.29. The first-order valence-corrected chi connectivity index (χ1v) is 10.2. The van der Waals surface area contributed by atoms with Crippen molar-refractivity contribution in [3.8, 4) is 0 Å². The van der Waals surface area contributed by atoms with E-state index in [4.69, 9.17) is 0 Å². The molecule has 0 N–H and O–H groups in total. The summed E-state index contributed by atoms with van der Waals surface area (Å²) in [4.78, 5) is 7.78. The molecule has 3 heteroatoms. The van der Waals surface area contributed by atoms with Gasteiger partial charge in [-0.1, -0.05) is 20.8 Å². The van der Waals surface area contributed by atoms with Crippen molar-refractivity contribution < 1.29 is 0 Å². The zero-order valence-corrected chi connectivity index (χ0v) is 17.3. The third-order valence-corrected chi connectivity index (χ3v) is 5.07. The number of unbranched alkanes of at least 4 members (excludes halogenated alkanes) is 2. The molecule has 0 saturated heterocycles. The molecule has 0 aromatic carbocycles. The molecule has 0 saturated carbocycles. The lowest BCUT2D eigenvalue weighted by atomic mass is 10.2. The number of hydrogen-bond acceptors (Lipinski definition) is 3. The molecule has 0 atom stereocenters. The van der Waals surface area contributed by atoms with Crippen molar-refractivity contribution in [2.45, 2.75) is 86.2 Å². The van der Waals surface area contributed by atoms with Crippen molar-refractivity contribution in [3.05, 3.63) is 0 Å². The highest BCUT2D eigenvalue weighted by molar-refractivity contribution is 4.66. The predicted molar refractivity (Wildman–Crippen MR) is 105 cm³/mol. The first-order chi connectivity index (χ1) is 11.0. The smallest absolute Gasteiger partial charge is 0.00385 e. The van der Waals surface area contributed by atoms with Crippen LogP contribution in [0.1, 0.15) is 74.1 Å².